The molecule has 3 rings (SSSR count). The van der Waals surface area contributed by atoms with E-state index in [1.54, 1.807) is 18.2 Å². The fraction of sp³-hybridized carbons (Fsp3) is 0.412. The third kappa shape index (κ3) is 4.33. The van der Waals surface area contributed by atoms with Crippen LogP contribution in [0.25, 0.3) is 11.3 Å². The van der Waals surface area contributed by atoms with Gasteiger partial charge >= 0.3 is 0 Å². The lowest BCUT2D eigenvalue weighted by Crippen LogP contribution is -2.42. The zero-order chi connectivity index (χ0) is 16.3. The van der Waals surface area contributed by atoms with E-state index in [-0.39, 0.29) is 29.5 Å². The summed E-state index contributed by atoms with van der Waals surface area (Å²) in [5.41, 5.74) is 1.96. The van der Waals surface area contributed by atoms with Gasteiger partial charge in [0, 0.05) is 12.1 Å². The van der Waals surface area contributed by atoms with Crippen LogP contribution in [0.4, 0.5) is 4.39 Å². The number of nitrogens with one attached hydrogen (secondary N) is 3. The van der Waals surface area contributed by atoms with Gasteiger partial charge in [0.1, 0.15) is 11.5 Å². The topological polar surface area (TPSA) is 69.8 Å². The molecule has 1 aliphatic rings. The molecule has 24 heavy (non-hydrogen) atoms. The number of benzene rings is 1. The van der Waals surface area contributed by atoms with Gasteiger partial charge in [-0.05, 0) is 61.7 Å². The van der Waals surface area contributed by atoms with Gasteiger partial charge in [-0.15, -0.1) is 12.4 Å². The Morgan fingerprint density at radius 2 is 1.96 bits per heavy atom. The summed E-state index contributed by atoms with van der Waals surface area (Å²) < 4.78 is 13.0. The highest BCUT2D eigenvalue weighted by molar-refractivity contribution is 5.93. The van der Waals surface area contributed by atoms with Gasteiger partial charge in [0.25, 0.3) is 5.91 Å². The van der Waals surface area contributed by atoms with E-state index in [2.05, 4.69) is 27.8 Å². The molecule has 1 aromatic heterocycles. The molecule has 2 aromatic rings. The number of H-pyrrole nitrogens is 1. The molecule has 1 saturated heterocycles. The maximum absolute atomic E-state index is 13.0. The van der Waals surface area contributed by atoms with Crippen molar-refractivity contribution in [2.75, 3.05) is 19.6 Å². The molecule has 0 unspecified atom stereocenters. The Kier molecular flexibility index (Phi) is 5.96. The molecule has 1 fully saturated rings. The second-order valence-corrected chi connectivity index (χ2v) is 6.42. The molecule has 5 nitrogen and oxygen atoms in total. The third-order valence-electron chi connectivity index (χ3n) is 4.45. The molecule has 1 aliphatic heterocycles. The van der Waals surface area contributed by atoms with Crippen molar-refractivity contribution in [3.8, 4) is 11.3 Å². The van der Waals surface area contributed by atoms with Gasteiger partial charge in [-0.2, -0.15) is 5.10 Å². The van der Waals surface area contributed by atoms with Crippen LogP contribution in [0, 0.1) is 11.2 Å². The number of aromatic amines is 1. The Morgan fingerprint density at radius 1 is 1.29 bits per heavy atom. The van der Waals surface area contributed by atoms with Crippen molar-refractivity contribution in [2.45, 2.75) is 19.8 Å². The van der Waals surface area contributed by atoms with Crippen molar-refractivity contribution in [1.82, 2.24) is 20.8 Å². The van der Waals surface area contributed by atoms with E-state index in [0.717, 1.165) is 31.5 Å². The highest BCUT2D eigenvalue weighted by Gasteiger charge is 2.27. The number of hydrogen-bond acceptors (Lipinski definition) is 3. The zero-order valence-corrected chi connectivity index (χ0v) is 14.4. The molecule has 0 radical (unpaired) electrons. The van der Waals surface area contributed by atoms with Gasteiger partial charge in [0.15, 0.2) is 0 Å². The van der Waals surface area contributed by atoms with Gasteiger partial charge in [0.05, 0.1) is 5.69 Å². The standard InChI is InChI=1S/C17H21FN4O.ClH/c1-17(6-8-19-9-7-17)11-20-16(23)15-10-14(21-22-15)12-2-4-13(18)5-3-12;/h2-5,10,19H,6-9,11H2,1H3,(H,20,23)(H,21,22);1H. The highest BCUT2D eigenvalue weighted by Crippen LogP contribution is 2.26. The van der Waals surface area contributed by atoms with Gasteiger partial charge in [0.2, 0.25) is 0 Å². The third-order valence-corrected chi connectivity index (χ3v) is 4.45. The minimum absolute atomic E-state index is 0. The first-order valence-electron chi connectivity index (χ1n) is 7.86. The van der Waals surface area contributed by atoms with E-state index >= 15 is 0 Å². The Hall–Kier alpha value is -1.92. The summed E-state index contributed by atoms with van der Waals surface area (Å²) in [6.07, 6.45) is 2.11. The summed E-state index contributed by atoms with van der Waals surface area (Å²) in [7, 11) is 0. The maximum Gasteiger partial charge on any atom is 0.269 e. The van der Waals surface area contributed by atoms with Crippen molar-refractivity contribution >= 4 is 18.3 Å². The van der Waals surface area contributed by atoms with Crippen LogP contribution < -0.4 is 10.6 Å². The van der Waals surface area contributed by atoms with Crippen LogP contribution in [-0.2, 0) is 0 Å². The maximum atomic E-state index is 13.0. The Morgan fingerprint density at radius 3 is 2.62 bits per heavy atom. The molecule has 2 heterocycles. The normalized spacial score (nSPS) is 16.2. The van der Waals surface area contributed by atoms with Crippen molar-refractivity contribution in [3.63, 3.8) is 0 Å². The second kappa shape index (κ2) is 7.77. The molecular formula is C17H22ClFN4O. The lowest BCUT2D eigenvalue weighted by Gasteiger charge is -2.34. The molecule has 0 saturated carbocycles. The first kappa shape index (κ1) is 18.4. The number of nitrogens with zero attached hydrogens (tertiary/aromatic N) is 1. The van der Waals surface area contributed by atoms with Crippen LogP contribution >= 0.6 is 12.4 Å². The number of carbonyl (C=O) groups is 1. The summed E-state index contributed by atoms with van der Waals surface area (Å²) >= 11 is 0. The van der Waals surface area contributed by atoms with Crippen molar-refractivity contribution in [1.29, 1.82) is 0 Å². The van der Waals surface area contributed by atoms with Gasteiger partial charge in [-0.25, -0.2) is 4.39 Å². The summed E-state index contributed by atoms with van der Waals surface area (Å²) in [5, 5.41) is 13.2. The van der Waals surface area contributed by atoms with Crippen molar-refractivity contribution in [3.05, 3.63) is 41.8 Å². The second-order valence-electron chi connectivity index (χ2n) is 6.42. The van der Waals surface area contributed by atoms with E-state index < -0.39 is 0 Å². The highest BCUT2D eigenvalue weighted by atomic mass is 35.5. The van der Waals surface area contributed by atoms with Gasteiger partial charge < -0.3 is 10.6 Å². The van der Waals surface area contributed by atoms with Crippen molar-refractivity contribution in [2.24, 2.45) is 5.41 Å². The van der Waals surface area contributed by atoms with E-state index in [1.165, 1.54) is 12.1 Å². The summed E-state index contributed by atoms with van der Waals surface area (Å²) in [6.45, 7) is 4.83. The predicted molar refractivity (Wildman–Crippen MR) is 93.8 cm³/mol. The first-order chi connectivity index (χ1) is 11.1. The zero-order valence-electron chi connectivity index (χ0n) is 13.6. The van der Waals surface area contributed by atoms with Crippen LogP contribution in [0.5, 0.6) is 0 Å². The fourth-order valence-corrected chi connectivity index (χ4v) is 2.80. The van der Waals surface area contributed by atoms with Crippen LogP contribution in [0.1, 0.15) is 30.3 Å². The predicted octanol–water partition coefficient (Wildman–Crippen LogP) is 2.76. The van der Waals surface area contributed by atoms with Crippen LogP contribution in [-0.4, -0.2) is 35.7 Å². The molecule has 7 heteroatoms. The molecule has 0 bridgehead atoms. The largest absolute Gasteiger partial charge is 0.350 e. The number of aromatic nitrogens is 2. The minimum Gasteiger partial charge on any atom is -0.350 e. The quantitative estimate of drug-likeness (QED) is 0.792. The van der Waals surface area contributed by atoms with Crippen LogP contribution in [0.2, 0.25) is 0 Å². The Balaban J connectivity index is 0.00000208. The lowest BCUT2D eigenvalue weighted by atomic mass is 9.81. The van der Waals surface area contributed by atoms with Crippen LogP contribution in [0.3, 0.4) is 0 Å². The van der Waals surface area contributed by atoms with E-state index in [9.17, 15) is 9.18 Å². The number of rotatable bonds is 4. The molecular weight excluding hydrogens is 331 g/mol. The summed E-state index contributed by atoms with van der Waals surface area (Å²) in [5.74, 6) is -0.455. The Bertz CT molecular complexity index is 680. The minimum atomic E-state index is -0.294. The van der Waals surface area contributed by atoms with E-state index in [0.29, 0.717) is 17.9 Å². The monoisotopic (exact) mass is 352 g/mol. The number of amides is 1. The molecule has 0 spiro atoms. The molecule has 1 amide bonds. The average molecular weight is 353 g/mol. The van der Waals surface area contributed by atoms with Crippen LogP contribution in [0.15, 0.2) is 30.3 Å². The number of halogens is 2. The molecule has 3 N–H and O–H groups in total. The molecule has 130 valence electrons. The fourth-order valence-electron chi connectivity index (χ4n) is 2.80. The Labute approximate surface area is 146 Å². The molecule has 0 aliphatic carbocycles. The van der Waals surface area contributed by atoms with Gasteiger partial charge in [-0.1, -0.05) is 6.92 Å². The molecule has 1 aromatic carbocycles. The smallest absolute Gasteiger partial charge is 0.269 e. The average Bonchev–Trinajstić information content (AvgIpc) is 3.04. The lowest BCUT2D eigenvalue weighted by molar-refractivity contribution is 0.0917. The van der Waals surface area contributed by atoms with E-state index in [1.807, 2.05) is 0 Å². The number of piperidine rings is 1. The molecule has 0 atom stereocenters. The van der Waals surface area contributed by atoms with Gasteiger partial charge in [-0.3, -0.25) is 9.89 Å². The first-order valence-corrected chi connectivity index (χ1v) is 7.86. The van der Waals surface area contributed by atoms with E-state index in [4.69, 9.17) is 0 Å². The number of carbonyl (C=O) groups excluding carboxylic acids is 1. The van der Waals surface area contributed by atoms with Crippen molar-refractivity contribution < 1.29 is 9.18 Å². The number of hydrogen-bond donors (Lipinski definition) is 3. The summed E-state index contributed by atoms with van der Waals surface area (Å²) in [4.78, 5) is 12.3. The summed E-state index contributed by atoms with van der Waals surface area (Å²) in [6, 6.07) is 7.73. The SMILES string of the molecule is CC1(CNC(=O)c2cc(-c3ccc(F)cc3)n[nH]2)CCNCC1.Cl.